The molecule has 0 bridgehead atoms. The Morgan fingerprint density at radius 3 is 2.41 bits per heavy atom. The first-order valence-corrected chi connectivity index (χ1v) is 9.75. The molecule has 0 saturated carbocycles. The van der Waals surface area contributed by atoms with Crippen LogP contribution in [0.3, 0.4) is 0 Å². The van der Waals surface area contributed by atoms with Crippen LogP contribution in [0.2, 0.25) is 5.02 Å². The largest absolute Gasteiger partial charge is 0.339 e. The summed E-state index contributed by atoms with van der Waals surface area (Å²) in [6.07, 6.45) is 4.65. The van der Waals surface area contributed by atoms with Crippen molar-refractivity contribution in [1.82, 2.24) is 10.3 Å². The van der Waals surface area contributed by atoms with E-state index in [1.165, 1.54) is 19.3 Å². The first-order chi connectivity index (χ1) is 13.2. The minimum Gasteiger partial charge on any atom is -0.307 e. The first kappa shape index (κ1) is 19.4. The number of anilines is 1. The number of rotatable bonds is 6. The molecule has 2 amide bonds. The Bertz CT molecular complexity index is 756. The normalized spacial score (nSPS) is 15.4. The fourth-order valence-corrected chi connectivity index (χ4v) is 3.28. The van der Waals surface area contributed by atoms with Gasteiger partial charge in [-0.25, -0.2) is 10.2 Å². The Balaban J connectivity index is 1.62. The highest BCUT2D eigenvalue weighted by atomic mass is 35.5. The first-order valence-electron chi connectivity index (χ1n) is 9.37. The van der Waals surface area contributed by atoms with E-state index in [4.69, 9.17) is 11.6 Å². The maximum absolute atomic E-state index is 12.2. The smallest absolute Gasteiger partial charge is 0.307 e. The van der Waals surface area contributed by atoms with Gasteiger partial charge in [-0.1, -0.05) is 48.4 Å². The lowest BCUT2D eigenvalue weighted by atomic mass is 10.1. The van der Waals surface area contributed by atoms with Crippen molar-refractivity contribution in [1.29, 1.82) is 0 Å². The predicted octanol–water partition coefficient (Wildman–Crippen LogP) is 4.74. The Morgan fingerprint density at radius 2 is 1.70 bits per heavy atom. The summed E-state index contributed by atoms with van der Waals surface area (Å²) in [4.78, 5) is 14.6. The third-order valence-corrected chi connectivity index (χ3v) is 4.87. The molecular formula is C21H25ClN4O. The highest BCUT2D eigenvalue weighted by molar-refractivity contribution is 6.30. The van der Waals surface area contributed by atoms with Gasteiger partial charge in [0.2, 0.25) is 0 Å². The van der Waals surface area contributed by atoms with Gasteiger partial charge >= 0.3 is 6.03 Å². The van der Waals surface area contributed by atoms with Gasteiger partial charge in [-0.3, -0.25) is 0 Å². The monoisotopic (exact) mass is 384 g/mol. The van der Waals surface area contributed by atoms with Gasteiger partial charge in [0.15, 0.2) is 0 Å². The van der Waals surface area contributed by atoms with Crippen molar-refractivity contribution in [3.8, 4) is 0 Å². The predicted molar refractivity (Wildman–Crippen MR) is 111 cm³/mol. The minimum atomic E-state index is -0.372. The van der Waals surface area contributed by atoms with Crippen LogP contribution in [-0.2, 0) is 0 Å². The van der Waals surface area contributed by atoms with Crippen LogP contribution in [0.4, 0.5) is 10.5 Å². The van der Waals surface area contributed by atoms with Gasteiger partial charge in [-0.05, 0) is 55.8 Å². The molecule has 1 aliphatic heterocycles. The average molecular weight is 385 g/mol. The highest BCUT2D eigenvalue weighted by Crippen LogP contribution is 2.13. The number of hydrogen-bond donors (Lipinski definition) is 2. The van der Waals surface area contributed by atoms with Crippen molar-refractivity contribution in [3.63, 3.8) is 0 Å². The van der Waals surface area contributed by atoms with E-state index in [0.29, 0.717) is 10.7 Å². The van der Waals surface area contributed by atoms with Crippen LogP contribution in [0.25, 0.3) is 0 Å². The van der Waals surface area contributed by atoms with Crippen LogP contribution in [0.15, 0.2) is 59.7 Å². The number of likely N-dealkylation sites (tertiary alicyclic amines) is 1. The lowest BCUT2D eigenvalue weighted by Crippen LogP contribution is -2.32. The summed E-state index contributed by atoms with van der Waals surface area (Å²) in [6.45, 7) is 3.24. The third kappa shape index (κ3) is 6.38. The highest BCUT2D eigenvalue weighted by Gasteiger charge is 2.12. The average Bonchev–Trinajstić information content (AvgIpc) is 2.71. The molecule has 142 valence electrons. The van der Waals surface area contributed by atoms with Gasteiger partial charge in [-0.15, -0.1) is 0 Å². The number of carbonyl (C=O) groups excluding carboxylic acids is 1. The summed E-state index contributed by atoms with van der Waals surface area (Å²) in [5.74, 6) is 0. The van der Waals surface area contributed by atoms with Crippen molar-refractivity contribution in [3.05, 3.63) is 65.2 Å². The van der Waals surface area contributed by atoms with Crippen LogP contribution in [-0.4, -0.2) is 36.3 Å². The number of hydrazone groups is 1. The van der Waals surface area contributed by atoms with E-state index in [-0.39, 0.29) is 6.03 Å². The standard InChI is InChI=1S/C21H25ClN4O/c22-18-9-11-19(12-10-18)23-21(27)25-24-20(17-7-3-1-4-8-17)13-16-26-14-5-2-6-15-26/h1,3-4,7-12H,2,5-6,13-16H2,(H2,23,25,27)/b24-20+. The Kier molecular flexibility index (Phi) is 7.25. The fraction of sp³-hybridized carbons (Fsp3) is 0.333. The van der Waals surface area contributed by atoms with E-state index in [0.717, 1.165) is 37.3 Å². The van der Waals surface area contributed by atoms with Gasteiger partial charge in [0.1, 0.15) is 0 Å². The molecule has 0 unspecified atom stereocenters. The minimum absolute atomic E-state index is 0.372. The number of halogens is 1. The molecule has 6 heteroatoms. The summed E-state index contributed by atoms with van der Waals surface area (Å²) in [5, 5.41) is 7.78. The topological polar surface area (TPSA) is 56.7 Å². The molecular weight excluding hydrogens is 360 g/mol. The number of urea groups is 1. The molecule has 1 aliphatic rings. The van der Waals surface area contributed by atoms with E-state index >= 15 is 0 Å². The lowest BCUT2D eigenvalue weighted by Gasteiger charge is -2.26. The lowest BCUT2D eigenvalue weighted by molar-refractivity contribution is 0.235. The molecule has 1 fully saturated rings. The molecule has 0 aliphatic carbocycles. The number of piperidine rings is 1. The van der Waals surface area contributed by atoms with Gasteiger partial charge in [-0.2, -0.15) is 5.10 Å². The summed E-state index contributed by atoms with van der Waals surface area (Å²) >= 11 is 5.86. The summed E-state index contributed by atoms with van der Waals surface area (Å²) in [5.41, 5.74) is 5.20. The van der Waals surface area contributed by atoms with Gasteiger partial charge in [0, 0.05) is 23.7 Å². The molecule has 3 rings (SSSR count). The van der Waals surface area contributed by atoms with E-state index < -0.39 is 0 Å². The molecule has 2 aromatic rings. The third-order valence-electron chi connectivity index (χ3n) is 4.62. The van der Waals surface area contributed by atoms with E-state index in [2.05, 4.69) is 20.7 Å². The van der Waals surface area contributed by atoms with Crippen LogP contribution in [0.5, 0.6) is 0 Å². The molecule has 2 N–H and O–H groups in total. The molecule has 2 aromatic carbocycles. The van der Waals surface area contributed by atoms with Crippen LogP contribution >= 0.6 is 11.6 Å². The summed E-state index contributed by atoms with van der Waals surface area (Å²) < 4.78 is 0. The van der Waals surface area contributed by atoms with Crippen molar-refractivity contribution in [2.75, 3.05) is 25.0 Å². The zero-order valence-electron chi connectivity index (χ0n) is 15.3. The Hall–Kier alpha value is -2.37. The number of carbonyl (C=O) groups is 1. The number of hydrogen-bond acceptors (Lipinski definition) is 3. The Morgan fingerprint density at radius 1 is 1.00 bits per heavy atom. The fourth-order valence-electron chi connectivity index (χ4n) is 3.15. The van der Waals surface area contributed by atoms with Gasteiger partial charge in [0.25, 0.3) is 0 Å². The van der Waals surface area contributed by atoms with Crippen molar-refractivity contribution < 1.29 is 4.79 Å². The van der Waals surface area contributed by atoms with E-state index in [9.17, 15) is 4.79 Å². The molecule has 0 aromatic heterocycles. The number of benzene rings is 2. The number of nitrogens with zero attached hydrogens (tertiary/aromatic N) is 2. The molecule has 1 saturated heterocycles. The van der Waals surface area contributed by atoms with Crippen molar-refractivity contribution in [2.45, 2.75) is 25.7 Å². The maximum Gasteiger partial charge on any atom is 0.339 e. The molecule has 0 spiro atoms. The number of nitrogens with one attached hydrogen (secondary N) is 2. The van der Waals surface area contributed by atoms with Crippen molar-refractivity contribution >= 4 is 29.0 Å². The van der Waals surface area contributed by atoms with Crippen LogP contribution in [0, 0.1) is 0 Å². The maximum atomic E-state index is 12.2. The van der Waals surface area contributed by atoms with Gasteiger partial charge in [0.05, 0.1) is 5.71 Å². The molecule has 1 heterocycles. The Labute approximate surface area is 165 Å². The second-order valence-corrected chi connectivity index (χ2v) is 7.09. The zero-order valence-corrected chi connectivity index (χ0v) is 16.1. The summed E-state index contributed by atoms with van der Waals surface area (Å²) in [7, 11) is 0. The van der Waals surface area contributed by atoms with Gasteiger partial charge < -0.3 is 10.2 Å². The second-order valence-electron chi connectivity index (χ2n) is 6.65. The second kappa shape index (κ2) is 10.1. The molecule has 0 radical (unpaired) electrons. The molecule has 27 heavy (non-hydrogen) atoms. The van der Waals surface area contributed by atoms with Crippen molar-refractivity contribution in [2.24, 2.45) is 5.10 Å². The quantitative estimate of drug-likeness (QED) is 0.558. The van der Waals surface area contributed by atoms with E-state index in [1.807, 2.05) is 30.3 Å². The van der Waals surface area contributed by atoms with E-state index in [1.54, 1.807) is 24.3 Å². The van der Waals surface area contributed by atoms with Crippen LogP contribution < -0.4 is 10.7 Å². The molecule has 0 atom stereocenters. The summed E-state index contributed by atoms with van der Waals surface area (Å²) in [6, 6.07) is 16.6. The SMILES string of the molecule is O=C(N/N=C(\CCN1CCCCC1)c1ccccc1)Nc1ccc(Cl)cc1. The number of amides is 2. The van der Waals surface area contributed by atoms with Crippen LogP contribution in [0.1, 0.15) is 31.2 Å². The molecule has 5 nitrogen and oxygen atoms in total. The zero-order chi connectivity index (χ0) is 18.9.